The Labute approximate surface area is 111 Å². The molecule has 1 rings (SSSR count). The molecule has 102 valence electrons. The number of hydrogen-bond acceptors (Lipinski definition) is 5. The fraction of sp³-hybridized carbons (Fsp3) is 0.182. The maximum absolute atomic E-state index is 13.8. The second-order valence-electron chi connectivity index (χ2n) is 3.49. The molecule has 0 aliphatic rings. The molecule has 0 bridgehead atoms. The van der Waals surface area contributed by atoms with Gasteiger partial charge in [-0.05, 0) is 6.07 Å². The number of benzene rings is 1. The van der Waals surface area contributed by atoms with Crippen LogP contribution in [0.1, 0.15) is 10.4 Å². The summed E-state index contributed by atoms with van der Waals surface area (Å²) < 4.78 is 27.3. The zero-order valence-electron chi connectivity index (χ0n) is 9.84. The van der Waals surface area contributed by atoms with Crippen LogP contribution in [-0.4, -0.2) is 28.8 Å². The highest BCUT2D eigenvalue weighted by Crippen LogP contribution is 2.24. The van der Waals surface area contributed by atoms with E-state index in [1.807, 2.05) is 0 Å². The molecular weight excluding hydrogens is 274 g/mol. The van der Waals surface area contributed by atoms with Crippen LogP contribution in [0.3, 0.4) is 0 Å². The number of nitro groups is 1. The normalized spacial score (nSPS) is 9.40. The van der Waals surface area contributed by atoms with Gasteiger partial charge in [-0.3, -0.25) is 14.9 Å². The molecule has 0 fully saturated rings. The first-order valence-corrected chi connectivity index (χ1v) is 5.09. The predicted octanol–water partition coefficient (Wildman–Crippen LogP) is 1.36. The molecule has 0 aliphatic carbocycles. The highest BCUT2D eigenvalue weighted by atomic mass is 19.1. The summed E-state index contributed by atoms with van der Waals surface area (Å²) in [5.41, 5.74) is -2.23. The molecule has 20 heavy (non-hydrogen) atoms. The van der Waals surface area contributed by atoms with Crippen LogP contribution >= 0.6 is 0 Å². The highest BCUT2D eigenvalue weighted by molar-refractivity contribution is 5.95. The summed E-state index contributed by atoms with van der Waals surface area (Å²) in [5.74, 6) is -4.24. The first-order valence-electron chi connectivity index (χ1n) is 5.09. The lowest BCUT2D eigenvalue weighted by Gasteiger charge is -2.16. The molecule has 0 saturated heterocycles. The maximum Gasteiger partial charge on any atom is 0.305 e. The predicted molar refractivity (Wildman–Crippen MR) is 60.1 cm³/mol. The number of amides is 1. The van der Waals surface area contributed by atoms with Crippen molar-refractivity contribution in [3.8, 4) is 12.1 Å². The standard InChI is InChI=1S/C11H6F2N4O3/c12-7-1-2-8(17(19)20)10(13)9(7)11(18)16(5-3-14)6-4-15/h1-2H,5-6H2. The molecule has 1 aromatic carbocycles. The molecule has 0 aliphatic heterocycles. The summed E-state index contributed by atoms with van der Waals surface area (Å²) in [6.07, 6.45) is 0. The number of carbonyl (C=O) groups is 1. The van der Waals surface area contributed by atoms with Gasteiger partial charge in [0, 0.05) is 6.07 Å². The zero-order valence-corrected chi connectivity index (χ0v) is 9.84. The number of rotatable bonds is 4. The molecule has 0 atom stereocenters. The van der Waals surface area contributed by atoms with Crippen LogP contribution in [0.15, 0.2) is 12.1 Å². The van der Waals surface area contributed by atoms with Gasteiger partial charge in [-0.25, -0.2) is 4.39 Å². The number of nitriles is 2. The fourth-order valence-corrected chi connectivity index (χ4v) is 1.41. The lowest BCUT2D eigenvalue weighted by molar-refractivity contribution is -0.387. The maximum atomic E-state index is 13.8. The third-order valence-corrected chi connectivity index (χ3v) is 2.29. The van der Waals surface area contributed by atoms with Crippen LogP contribution in [-0.2, 0) is 0 Å². The van der Waals surface area contributed by atoms with Crippen LogP contribution in [0.4, 0.5) is 14.5 Å². The Morgan fingerprint density at radius 2 is 1.85 bits per heavy atom. The fourth-order valence-electron chi connectivity index (χ4n) is 1.41. The number of halogens is 2. The van der Waals surface area contributed by atoms with E-state index in [-0.39, 0.29) is 0 Å². The molecule has 1 aromatic rings. The van der Waals surface area contributed by atoms with Crippen molar-refractivity contribution in [3.63, 3.8) is 0 Å². The largest absolute Gasteiger partial charge is 0.312 e. The zero-order chi connectivity index (χ0) is 15.3. The molecule has 0 unspecified atom stereocenters. The summed E-state index contributed by atoms with van der Waals surface area (Å²) >= 11 is 0. The SMILES string of the molecule is N#CCN(CC#N)C(=O)c1c(F)ccc([N+](=O)[O-])c1F. The third kappa shape index (κ3) is 2.84. The van der Waals surface area contributed by atoms with Gasteiger partial charge < -0.3 is 4.90 Å². The van der Waals surface area contributed by atoms with E-state index >= 15 is 0 Å². The first kappa shape index (κ1) is 15.0. The Kier molecular flexibility index (Phi) is 4.65. The van der Waals surface area contributed by atoms with E-state index in [4.69, 9.17) is 10.5 Å². The van der Waals surface area contributed by atoms with Gasteiger partial charge in [0.2, 0.25) is 5.82 Å². The third-order valence-electron chi connectivity index (χ3n) is 2.29. The average Bonchev–Trinajstić information content (AvgIpc) is 2.37. The van der Waals surface area contributed by atoms with Crippen LogP contribution in [0.25, 0.3) is 0 Å². The Bertz CT molecular complexity index is 632. The topological polar surface area (TPSA) is 111 Å². The lowest BCUT2D eigenvalue weighted by Crippen LogP contribution is -2.33. The van der Waals surface area contributed by atoms with Gasteiger partial charge in [-0.1, -0.05) is 0 Å². The Morgan fingerprint density at radius 3 is 2.30 bits per heavy atom. The van der Waals surface area contributed by atoms with Crippen molar-refractivity contribution >= 4 is 11.6 Å². The average molecular weight is 280 g/mol. The van der Waals surface area contributed by atoms with Gasteiger partial charge in [0.05, 0.1) is 17.1 Å². The minimum atomic E-state index is -1.64. The van der Waals surface area contributed by atoms with E-state index < -0.39 is 46.8 Å². The van der Waals surface area contributed by atoms with Crippen molar-refractivity contribution in [2.45, 2.75) is 0 Å². The lowest BCUT2D eigenvalue weighted by atomic mass is 10.1. The molecule has 0 saturated carbocycles. The molecule has 0 heterocycles. The van der Waals surface area contributed by atoms with Crippen molar-refractivity contribution < 1.29 is 18.5 Å². The van der Waals surface area contributed by atoms with Gasteiger partial charge in [-0.2, -0.15) is 14.9 Å². The van der Waals surface area contributed by atoms with E-state index in [1.54, 1.807) is 12.1 Å². The number of carbonyl (C=O) groups excluding carboxylic acids is 1. The summed E-state index contributed by atoms with van der Waals surface area (Å²) in [5, 5.41) is 27.5. The smallest absolute Gasteiger partial charge is 0.305 e. The second kappa shape index (κ2) is 6.20. The summed E-state index contributed by atoms with van der Waals surface area (Å²) in [7, 11) is 0. The molecule has 1 amide bonds. The highest BCUT2D eigenvalue weighted by Gasteiger charge is 2.29. The van der Waals surface area contributed by atoms with Crippen LogP contribution in [0.2, 0.25) is 0 Å². The van der Waals surface area contributed by atoms with Gasteiger partial charge in [-0.15, -0.1) is 0 Å². The van der Waals surface area contributed by atoms with Crippen LogP contribution < -0.4 is 0 Å². The summed E-state index contributed by atoms with van der Waals surface area (Å²) in [6.45, 7) is -1.15. The Balaban J connectivity index is 3.35. The molecule has 9 heteroatoms. The van der Waals surface area contributed by atoms with Crippen molar-refractivity contribution in [2.75, 3.05) is 13.1 Å². The monoisotopic (exact) mass is 280 g/mol. The quantitative estimate of drug-likeness (QED) is 0.469. The number of nitro benzene ring substituents is 1. The van der Waals surface area contributed by atoms with E-state index in [0.717, 1.165) is 0 Å². The number of hydrogen-bond donors (Lipinski definition) is 0. The van der Waals surface area contributed by atoms with Crippen molar-refractivity contribution in [2.24, 2.45) is 0 Å². The van der Waals surface area contributed by atoms with Gasteiger partial charge >= 0.3 is 5.69 Å². The van der Waals surface area contributed by atoms with Crippen molar-refractivity contribution in [1.29, 1.82) is 10.5 Å². The van der Waals surface area contributed by atoms with Crippen molar-refractivity contribution in [1.82, 2.24) is 4.90 Å². The summed E-state index contributed by atoms with van der Waals surface area (Å²) in [6, 6.07) is 4.27. The van der Waals surface area contributed by atoms with E-state index in [1.165, 1.54) is 0 Å². The molecule has 0 N–H and O–H groups in total. The summed E-state index contributed by atoms with van der Waals surface area (Å²) in [4.78, 5) is 21.9. The van der Waals surface area contributed by atoms with Gasteiger partial charge in [0.1, 0.15) is 24.5 Å². The van der Waals surface area contributed by atoms with E-state index in [2.05, 4.69) is 0 Å². The first-order chi connectivity index (χ1) is 9.43. The van der Waals surface area contributed by atoms with Gasteiger partial charge in [0.25, 0.3) is 5.91 Å². The second-order valence-corrected chi connectivity index (χ2v) is 3.49. The molecule has 7 nitrogen and oxygen atoms in total. The minimum absolute atomic E-state index is 0.575. The Morgan fingerprint density at radius 1 is 1.30 bits per heavy atom. The van der Waals surface area contributed by atoms with Crippen LogP contribution in [0.5, 0.6) is 0 Å². The number of nitrogens with zero attached hydrogens (tertiary/aromatic N) is 4. The molecular formula is C11H6F2N4O3. The molecule has 0 spiro atoms. The van der Waals surface area contributed by atoms with Crippen LogP contribution in [0, 0.1) is 44.4 Å². The van der Waals surface area contributed by atoms with Gasteiger partial charge in [0.15, 0.2) is 0 Å². The van der Waals surface area contributed by atoms with E-state index in [0.29, 0.717) is 17.0 Å². The molecule has 0 radical (unpaired) electrons. The van der Waals surface area contributed by atoms with Crippen molar-refractivity contribution in [3.05, 3.63) is 39.4 Å². The molecule has 0 aromatic heterocycles. The Hall–Kier alpha value is -3.07. The van der Waals surface area contributed by atoms with E-state index in [9.17, 15) is 23.7 Å². The minimum Gasteiger partial charge on any atom is -0.312 e.